The molecule has 0 fully saturated rings. The van der Waals surface area contributed by atoms with Crippen molar-refractivity contribution in [1.29, 1.82) is 0 Å². The fourth-order valence-corrected chi connectivity index (χ4v) is 1.86. The molecule has 1 atom stereocenters. The molecule has 2 nitrogen and oxygen atoms in total. The molecular weight excluding hydrogens is 184 g/mol. The molecule has 80 valence electrons. The van der Waals surface area contributed by atoms with Gasteiger partial charge in [0.05, 0.1) is 0 Å². The molecule has 1 aromatic carbocycles. The highest BCUT2D eigenvalue weighted by Gasteiger charge is 2.07. The highest BCUT2D eigenvalue weighted by Crippen LogP contribution is 2.19. The van der Waals surface area contributed by atoms with Gasteiger partial charge in [-0.25, -0.2) is 0 Å². The first-order valence-electron chi connectivity index (χ1n) is 5.53. The molecule has 2 rings (SSSR count). The van der Waals surface area contributed by atoms with E-state index in [2.05, 4.69) is 41.3 Å². The minimum Gasteiger partial charge on any atom is -0.368 e. The van der Waals surface area contributed by atoms with Gasteiger partial charge in [0, 0.05) is 24.8 Å². The number of benzene rings is 1. The van der Waals surface area contributed by atoms with E-state index in [0.29, 0.717) is 0 Å². The Morgan fingerprint density at radius 1 is 1.20 bits per heavy atom. The van der Waals surface area contributed by atoms with Crippen molar-refractivity contribution in [1.82, 2.24) is 0 Å². The van der Waals surface area contributed by atoms with Gasteiger partial charge in [0.15, 0.2) is 0 Å². The molecule has 2 heteroatoms. The molecule has 1 heterocycles. The predicted molar refractivity (Wildman–Crippen MR) is 65.0 cm³/mol. The summed E-state index contributed by atoms with van der Waals surface area (Å²) in [5, 5.41) is 0. The van der Waals surface area contributed by atoms with Gasteiger partial charge < -0.3 is 10.6 Å². The molecule has 15 heavy (non-hydrogen) atoms. The predicted octanol–water partition coefficient (Wildman–Crippen LogP) is 2.47. The molecule has 1 aliphatic heterocycles. The second-order valence-electron chi connectivity index (χ2n) is 4.09. The maximum atomic E-state index is 5.82. The van der Waals surface area contributed by atoms with Crippen molar-refractivity contribution in [3.05, 3.63) is 42.0 Å². The van der Waals surface area contributed by atoms with E-state index in [1.807, 2.05) is 6.92 Å². The van der Waals surface area contributed by atoms with Crippen LogP contribution in [-0.2, 0) is 0 Å². The Bertz CT molecular complexity index is 338. The summed E-state index contributed by atoms with van der Waals surface area (Å²) < 4.78 is 0. The summed E-state index contributed by atoms with van der Waals surface area (Å²) in [5.74, 6) is 0. The molecule has 0 bridgehead atoms. The number of hydrogen-bond donors (Lipinski definition) is 1. The fraction of sp³-hybridized carbons (Fsp3) is 0.385. The van der Waals surface area contributed by atoms with Gasteiger partial charge in [-0.1, -0.05) is 24.3 Å². The zero-order valence-electron chi connectivity index (χ0n) is 9.19. The first kappa shape index (κ1) is 10.2. The summed E-state index contributed by atoms with van der Waals surface area (Å²) in [5.41, 5.74) is 8.31. The SMILES string of the molecule is CC(N)c1ccc(N2CC=CCC2)cc1. The van der Waals surface area contributed by atoms with Gasteiger partial charge in [-0.15, -0.1) is 0 Å². The lowest BCUT2D eigenvalue weighted by atomic mass is 10.1. The second kappa shape index (κ2) is 4.49. The van der Waals surface area contributed by atoms with Crippen molar-refractivity contribution in [3.63, 3.8) is 0 Å². The minimum absolute atomic E-state index is 0.125. The van der Waals surface area contributed by atoms with Gasteiger partial charge in [0.2, 0.25) is 0 Å². The fourth-order valence-electron chi connectivity index (χ4n) is 1.86. The van der Waals surface area contributed by atoms with E-state index in [1.165, 1.54) is 11.3 Å². The lowest BCUT2D eigenvalue weighted by Crippen LogP contribution is -2.26. The zero-order valence-corrected chi connectivity index (χ0v) is 9.19. The summed E-state index contributed by atoms with van der Waals surface area (Å²) >= 11 is 0. The van der Waals surface area contributed by atoms with Gasteiger partial charge >= 0.3 is 0 Å². The van der Waals surface area contributed by atoms with E-state index in [9.17, 15) is 0 Å². The van der Waals surface area contributed by atoms with Crippen LogP contribution in [0.1, 0.15) is 24.9 Å². The van der Waals surface area contributed by atoms with Gasteiger partial charge in [-0.3, -0.25) is 0 Å². The summed E-state index contributed by atoms with van der Waals surface area (Å²) in [6, 6.07) is 8.70. The van der Waals surface area contributed by atoms with Gasteiger partial charge in [-0.2, -0.15) is 0 Å². The van der Waals surface area contributed by atoms with E-state index < -0.39 is 0 Å². The van der Waals surface area contributed by atoms with Crippen LogP contribution in [0.2, 0.25) is 0 Å². The quantitative estimate of drug-likeness (QED) is 0.746. The molecule has 1 aromatic rings. The van der Waals surface area contributed by atoms with Crippen LogP contribution in [-0.4, -0.2) is 13.1 Å². The summed E-state index contributed by atoms with van der Waals surface area (Å²) in [7, 11) is 0. The van der Waals surface area contributed by atoms with Gasteiger partial charge in [-0.05, 0) is 31.0 Å². The maximum absolute atomic E-state index is 5.82. The Hall–Kier alpha value is -1.28. The third-order valence-corrected chi connectivity index (χ3v) is 2.84. The van der Waals surface area contributed by atoms with Crippen LogP contribution in [0.15, 0.2) is 36.4 Å². The van der Waals surface area contributed by atoms with Gasteiger partial charge in [0.25, 0.3) is 0 Å². The Morgan fingerprint density at radius 3 is 2.47 bits per heavy atom. The molecule has 0 aromatic heterocycles. The Kier molecular flexibility index (Phi) is 3.07. The number of rotatable bonds is 2. The second-order valence-corrected chi connectivity index (χ2v) is 4.09. The molecule has 0 spiro atoms. The molecule has 1 aliphatic rings. The van der Waals surface area contributed by atoms with E-state index in [1.54, 1.807) is 0 Å². The smallest absolute Gasteiger partial charge is 0.0369 e. The average molecular weight is 202 g/mol. The van der Waals surface area contributed by atoms with Crippen LogP contribution in [0, 0.1) is 0 Å². The van der Waals surface area contributed by atoms with Crippen LogP contribution in [0.4, 0.5) is 5.69 Å². The van der Waals surface area contributed by atoms with Crippen molar-refractivity contribution >= 4 is 5.69 Å². The van der Waals surface area contributed by atoms with Gasteiger partial charge in [0.1, 0.15) is 0 Å². The van der Waals surface area contributed by atoms with Crippen molar-refractivity contribution in [2.45, 2.75) is 19.4 Å². The average Bonchev–Trinajstić information content (AvgIpc) is 2.30. The molecule has 0 aliphatic carbocycles. The molecule has 2 N–H and O–H groups in total. The molecule has 0 saturated heterocycles. The highest BCUT2D eigenvalue weighted by molar-refractivity contribution is 5.49. The third-order valence-electron chi connectivity index (χ3n) is 2.84. The third kappa shape index (κ3) is 2.39. The first-order valence-corrected chi connectivity index (χ1v) is 5.53. The van der Waals surface area contributed by atoms with Crippen LogP contribution in [0.3, 0.4) is 0 Å². The summed E-state index contributed by atoms with van der Waals surface area (Å²) in [6.45, 7) is 4.16. The van der Waals surface area contributed by atoms with Crippen molar-refractivity contribution < 1.29 is 0 Å². The van der Waals surface area contributed by atoms with Crippen molar-refractivity contribution in [2.24, 2.45) is 5.73 Å². The van der Waals surface area contributed by atoms with Crippen LogP contribution in [0.25, 0.3) is 0 Å². The molecule has 0 amide bonds. The van der Waals surface area contributed by atoms with E-state index in [0.717, 1.165) is 19.5 Å². The first-order chi connectivity index (χ1) is 7.27. The topological polar surface area (TPSA) is 29.3 Å². The summed E-state index contributed by atoms with van der Waals surface area (Å²) in [4.78, 5) is 2.38. The lowest BCUT2D eigenvalue weighted by molar-refractivity contribution is 0.807. The van der Waals surface area contributed by atoms with E-state index >= 15 is 0 Å². The van der Waals surface area contributed by atoms with Crippen LogP contribution >= 0.6 is 0 Å². The van der Waals surface area contributed by atoms with Crippen molar-refractivity contribution in [3.8, 4) is 0 Å². The normalized spacial score (nSPS) is 17.9. The largest absolute Gasteiger partial charge is 0.368 e. The van der Waals surface area contributed by atoms with E-state index in [4.69, 9.17) is 5.73 Å². The van der Waals surface area contributed by atoms with Crippen molar-refractivity contribution in [2.75, 3.05) is 18.0 Å². The Balaban J connectivity index is 2.12. The number of anilines is 1. The Labute approximate surface area is 91.4 Å². The number of nitrogens with two attached hydrogens (primary N) is 1. The standard InChI is InChI=1S/C13H18N2/c1-11(14)12-5-7-13(8-6-12)15-9-3-2-4-10-15/h2-3,5-8,11H,4,9-10,14H2,1H3. The molecule has 1 unspecified atom stereocenters. The monoisotopic (exact) mass is 202 g/mol. The Morgan fingerprint density at radius 2 is 1.93 bits per heavy atom. The van der Waals surface area contributed by atoms with Crippen LogP contribution in [0.5, 0.6) is 0 Å². The minimum atomic E-state index is 0.125. The number of hydrogen-bond acceptors (Lipinski definition) is 2. The number of nitrogens with zero attached hydrogens (tertiary/aromatic N) is 1. The molecule has 0 saturated carbocycles. The molecule has 0 radical (unpaired) electrons. The zero-order chi connectivity index (χ0) is 10.7. The molecular formula is C13H18N2. The van der Waals surface area contributed by atoms with E-state index in [-0.39, 0.29) is 6.04 Å². The summed E-state index contributed by atoms with van der Waals surface area (Å²) in [6.07, 6.45) is 5.62. The lowest BCUT2D eigenvalue weighted by Gasteiger charge is -2.25. The van der Waals surface area contributed by atoms with Crippen LogP contribution < -0.4 is 10.6 Å². The maximum Gasteiger partial charge on any atom is 0.0369 e. The highest BCUT2D eigenvalue weighted by atomic mass is 15.1.